The van der Waals surface area contributed by atoms with Crippen molar-refractivity contribution in [3.8, 4) is 0 Å². The third kappa shape index (κ3) is 7.83. The Kier molecular flexibility index (Phi) is 11.0. The molecule has 1 aliphatic rings. The van der Waals surface area contributed by atoms with Crippen molar-refractivity contribution in [3.05, 3.63) is 0 Å². The maximum atomic E-state index is 10.3. The molecule has 0 saturated carbocycles. The molecule has 0 bridgehead atoms. The summed E-state index contributed by atoms with van der Waals surface area (Å²) in [5, 5.41) is 19.1. The smallest absolute Gasteiger partial charge is 0.407 e. The van der Waals surface area contributed by atoms with Gasteiger partial charge in [0, 0.05) is 32.8 Å². The Morgan fingerprint density at radius 2 is 1.85 bits per heavy atom. The molecule has 0 aliphatic carbocycles. The van der Waals surface area contributed by atoms with E-state index < -0.39 is 6.09 Å². The van der Waals surface area contributed by atoms with Gasteiger partial charge in [-0.2, -0.15) is 0 Å². The Morgan fingerprint density at radius 1 is 1.46 bits per heavy atom. The Morgan fingerprint density at radius 3 is 2.08 bits per heavy atom. The first-order valence-electron chi connectivity index (χ1n) is 4.01. The minimum Gasteiger partial charge on any atom is -0.465 e. The van der Waals surface area contributed by atoms with Crippen LogP contribution in [0.2, 0.25) is 0 Å². The SMILES string of the molecule is CCO.Cl.O=C(O)N1CCNCC1. The number of piperazine rings is 1. The highest BCUT2D eigenvalue weighted by Crippen LogP contribution is 1.90. The number of hydrogen-bond donors (Lipinski definition) is 3. The van der Waals surface area contributed by atoms with E-state index in [0.29, 0.717) is 13.1 Å². The summed E-state index contributed by atoms with van der Waals surface area (Å²) in [7, 11) is 0. The molecule has 0 aromatic carbocycles. The summed E-state index contributed by atoms with van der Waals surface area (Å²) >= 11 is 0. The Balaban J connectivity index is 0. The monoisotopic (exact) mass is 212 g/mol. The largest absolute Gasteiger partial charge is 0.465 e. The van der Waals surface area contributed by atoms with E-state index in [4.69, 9.17) is 10.2 Å². The Hall–Kier alpha value is -0.520. The van der Waals surface area contributed by atoms with Crippen LogP contribution >= 0.6 is 12.4 Å². The predicted octanol–water partition coefficient (Wildman–Crippen LogP) is -0.0100. The Bertz CT molecular complexity index is 129. The van der Waals surface area contributed by atoms with Gasteiger partial charge in [0.1, 0.15) is 0 Å². The number of aliphatic hydroxyl groups excluding tert-OH is 1. The maximum Gasteiger partial charge on any atom is 0.407 e. The first kappa shape index (κ1) is 15.0. The molecule has 0 unspecified atom stereocenters. The highest BCUT2D eigenvalue weighted by atomic mass is 35.5. The van der Waals surface area contributed by atoms with Gasteiger partial charge in [0.05, 0.1) is 0 Å². The third-order valence-corrected chi connectivity index (χ3v) is 1.39. The number of carboxylic acid groups (broad SMARTS) is 1. The lowest BCUT2D eigenvalue weighted by molar-refractivity contribution is 0.139. The van der Waals surface area contributed by atoms with Crippen LogP contribution in [-0.2, 0) is 0 Å². The summed E-state index contributed by atoms with van der Waals surface area (Å²) in [6.07, 6.45) is -0.809. The summed E-state index contributed by atoms with van der Waals surface area (Å²) < 4.78 is 0. The van der Waals surface area contributed by atoms with Gasteiger partial charge < -0.3 is 20.4 Å². The summed E-state index contributed by atoms with van der Waals surface area (Å²) in [6.45, 7) is 4.74. The number of aliphatic hydroxyl groups is 1. The van der Waals surface area contributed by atoms with Gasteiger partial charge in [0.2, 0.25) is 0 Å². The molecular formula is C7H17ClN2O3. The highest BCUT2D eigenvalue weighted by Gasteiger charge is 2.13. The van der Waals surface area contributed by atoms with Gasteiger partial charge in [0.25, 0.3) is 0 Å². The lowest BCUT2D eigenvalue weighted by Gasteiger charge is -2.23. The van der Waals surface area contributed by atoms with Gasteiger partial charge in [-0.05, 0) is 6.92 Å². The van der Waals surface area contributed by atoms with Crippen molar-refractivity contribution in [3.63, 3.8) is 0 Å². The van der Waals surface area contributed by atoms with E-state index in [2.05, 4.69) is 5.32 Å². The molecule has 1 heterocycles. The molecule has 1 rings (SSSR count). The lowest BCUT2D eigenvalue weighted by Crippen LogP contribution is -2.45. The molecule has 0 aromatic rings. The third-order valence-electron chi connectivity index (χ3n) is 1.39. The van der Waals surface area contributed by atoms with Gasteiger partial charge in [-0.1, -0.05) is 0 Å². The first-order chi connectivity index (χ1) is 5.72. The van der Waals surface area contributed by atoms with Gasteiger partial charge >= 0.3 is 6.09 Å². The second-order valence-electron chi connectivity index (χ2n) is 2.34. The minimum absolute atomic E-state index is 0. The molecule has 1 amide bonds. The average Bonchev–Trinajstić information content (AvgIpc) is 2.07. The predicted molar refractivity (Wildman–Crippen MR) is 52.5 cm³/mol. The van der Waals surface area contributed by atoms with Gasteiger partial charge in [-0.25, -0.2) is 4.79 Å². The van der Waals surface area contributed by atoms with E-state index in [1.54, 1.807) is 6.92 Å². The zero-order valence-electron chi connectivity index (χ0n) is 7.69. The number of rotatable bonds is 0. The van der Waals surface area contributed by atoms with Crippen LogP contribution < -0.4 is 5.32 Å². The van der Waals surface area contributed by atoms with Crippen LogP contribution in [0.4, 0.5) is 4.79 Å². The van der Waals surface area contributed by atoms with Crippen molar-refractivity contribution in [2.75, 3.05) is 32.8 Å². The topological polar surface area (TPSA) is 72.8 Å². The maximum absolute atomic E-state index is 10.3. The number of nitrogens with zero attached hydrogens (tertiary/aromatic N) is 1. The summed E-state index contributed by atoms with van der Waals surface area (Å²) in [5.41, 5.74) is 0. The fraction of sp³-hybridized carbons (Fsp3) is 0.857. The summed E-state index contributed by atoms with van der Waals surface area (Å²) in [4.78, 5) is 11.7. The van der Waals surface area contributed by atoms with Crippen molar-refractivity contribution in [1.29, 1.82) is 0 Å². The molecule has 3 N–H and O–H groups in total. The van der Waals surface area contributed by atoms with Gasteiger partial charge in [0.15, 0.2) is 0 Å². The van der Waals surface area contributed by atoms with Crippen LogP contribution in [0.1, 0.15) is 6.92 Å². The lowest BCUT2D eigenvalue weighted by atomic mass is 10.4. The van der Waals surface area contributed by atoms with E-state index in [1.807, 2.05) is 0 Å². The quantitative estimate of drug-likeness (QED) is 0.528. The average molecular weight is 213 g/mol. The van der Waals surface area contributed by atoms with Crippen molar-refractivity contribution >= 4 is 18.5 Å². The number of halogens is 1. The van der Waals surface area contributed by atoms with E-state index in [0.717, 1.165) is 13.1 Å². The summed E-state index contributed by atoms with van der Waals surface area (Å²) in [6, 6.07) is 0. The second kappa shape index (κ2) is 9.57. The van der Waals surface area contributed by atoms with Crippen LogP contribution in [-0.4, -0.2) is 54.0 Å². The van der Waals surface area contributed by atoms with Crippen LogP contribution in [0.15, 0.2) is 0 Å². The molecular weight excluding hydrogens is 196 g/mol. The number of carbonyl (C=O) groups is 1. The summed E-state index contributed by atoms with van der Waals surface area (Å²) in [5.74, 6) is 0. The molecule has 1 fully saturated rings. The molecule has 0 radical (unpaired) electrons. The van der Waals surface area contributed by atoms with Gasteiger partial charge in [-0.15, -0.1) is 12.4 Å². The van der Waals surface area contributed by atoms with E-state index >= 15 is 0 Å². The van der Waals surface area contributed by atoms with Crippen molar-refractivity contribution < 1.29 is 15.0 Å². The first-order valence-corrected chi connectivity index (χ1v) is 4.01. The van der Waals surface area contributed by atoms with Crippen molar-refractivity contribution in [2.24, 2.45) is 0 Å². The van der Waals surface area contributed by atoms with Crippen molar-refractivity contribution in [2.45, 2.75) is 6.92 Å². The normalized spacial score (nSPS) is 15.1. The van der Waals surface area contributed by atoms with Crippen LogP contribution in [0.5, 0.6) is 0 Å². The van der Waals surface area contributed by atoms with Crippen LogP contribution in [0, 0.1) is 0 Å². The van der Waals surface area contributed by atoms with E-state index in [1.165, 1.54) is 4.90 Å². The number of nitrogens with one attached hydrogen (secondary N) is 1. The zero-order valence-corrected chi connectivity index (χ0v) is 8.51. The van der Waals surface area contributed by atoms with Crippen LogP contribution in [0.3, 0.4) is 0 Å². The Labute approximate surface area is 84.1 Å². The number of amides is 1. The molecule has 6 heteroatoms. The molecule has 0 spiro atoms. The molecule has 80 valence electrons. The van der Waals surface area contributed by atoms with E-state index in [-0.39, 0.29) is 19.0 Å². The second-order valence-corrected chi connectivity index (χ2v) is 2.34. The van der Waals surface area contributed by atoms with Crippen LogP contribution in [0.25, 0.3) is 0 Å². The zero-order chi connectivity index (χ0) is 9.40. The molecule has 0 aromatic heterocycles. The fourth-order valence-corrected chi connectivity index (χ4v) is 0.856. The van der Waals surface area contributed by atoms with E-state index in [9.17, 15) is 4.79 Å². The van der Waals surface area contributed by atoms with Crippen molar-refractivity contribution in [1.82, 2.24) is 10.2 Å². The molecule has 1 aliphatic heterocycles. The molecule has 13 heavy (non-hydrogen) atoms. The minimum atomic E-state index is -0.809. The molecule has 0 atom stereocenters. The molecule has 5 nitrogen and oxygen atoms in total. The standard InChI is InChI=1S/C5H10N2O2.C2H6O.ClH/c8-5(9)7-3-1-6-2-4-7;1-2-3;/h6H,1-4H2,(H,8,9);3H,2H2,1H3;1H. The number of hydrogen-bond acceptors (Lipinski definition) is 3. The fourth-order valence-electron chi connectivity index (χ4n) is 0.856. The highest BCUT2D eigenvalue weighted by molar-refractivity contribution is 5.85. The van der Waals surface area contributed by atoms with Gasteiger partial charge in [-0.3, -0.25) is 0 Å². The molecule has 1 saturated heterocycles.